The van der Waals surface area contributed by atoms with Crippen LogP contribution in [0.4, 0.5) is 5.13 Å². The van der Waals surface area contributed by atoms with Crippen LogP contribution in [0.3, 0.4) is 0 Å². The predicted octanol–water partition coefficient (Wildman–Crippen LogP) is 3.16. The van der Waals surface area contributed by atoms with E-state index in [2.05, 4.69) is 41.6 Å². The van der Waals surface area contributed by atoms with E-state index in [-0.39, 0.29) is 18.1 Å². The van der Waals surface area contributed by atoms with Gasteiger partial charge in [-0.15, -0.1) is 10.2 Å². The molecule has 1 aromatic rings. The van der Waals surface area contributed by atoms with E-state index in [4.69, 9.17) is 4.74 Å². The smallest absolute Gasteiger partial charge is 0.230 e. The maximum Gasteiger partial charge on any atom is 0.230 e. The van der Waals surface area contributed by atoms with Crippen LogP contribution in [-0.2, 0) is 9.53 Å². The number of ether oxygens (including phenoxy) is 1. The average Bonchev–Trinajstić information content (AvgIpc) is 3.20. The molecule has 2 rings (SSSR count). The molecule has 0 aromatic carbocycles. The molecule has 0 aliphatic carbocycles. The molecule has 1 fully saturated rings. The predicted molar refractivity (Wildman–Crippen MR) is 99.8 cm³/mol. The molecule has 24 heavy (non-hydrogen) atoms. The van der Waals surface area contributed by atoms with Crippen LogP contribution >= 0.6 is 23.1 Å². The van der Waals surface area contributed by atoms with Gasteiger partial charge in [-0.05, 0) is 38.5 Å². The first-order valence-corrected chi connectivity index (χ1v) is 10.4. The topological polar surface area (TPSA) is 76.1 Å². The van der Waals surface area contributed by atoms with Gasteiger partial charge in [-0.3, -0.25) is 4.79 Å². The summed E-state index contributed by atoms with van der Waals surface area (Å²) in [7, 11) is 0. The summed E-state index contributed by atoms with van der Waals surface area (Å²) in [4.78, 5) is 12.0. The molecule has 0 saturated carbocycles. The van der Waals surface area contributed by atoms with Crippen molar-refractivity contribution in [1.82, 2.24) is 15.5 Å². The van der Waals surface area contributed by atoms with E-state index >= 15 is 0 Å². The quantitative estimate of drug-likeness (QED) is 0.615. The number of amides is 1. The lowest BCUT2D eigenvalue weighted by Gasteiger charge is -2.14. The molecule has 0 spiro atoms. The number of hydrogen-bond acceptors (Lipinski definition) is 7. The maximum atomic E-state index is 12.0. The molecule has 136 valence electrons. The highest BCUT2D eigenvalue weighted by Crippen LogP contribution is 2.25. The van der Waals surface area contributed by atoms with Crippen molar-refractivity contribution in [3.63, 3.8) is 0 Å². The van der Waals surface area contributed by atoms with Crippen LogP contribution in [0.5, 0.6) is 0 Å². The van der Waals surface area contributed by atoms with Gasteiger partial charge in [-0.25, -0.2) is 0 Å². The zero-order valence-electron chi connectivity index (χ0n) is 14.7. The normalized spacial score (nSPS) is 18.8. The van der Waals surface area contributed by atoms with Crippen molar-refractivity contribution >= 4 is 34.1 Å². The van der Waals surface area contributed by atoms with E-state index in [1.807, 2.05) is 0 Å². The molecule has 1 aliphatic rings. The van der Waals surface area contributed by atoms with Crippen LogP contribution in [0.1, 0.15) is 46.5 Å². The molecular weight excluding hydrogens is 344 g/mol. The van der Waals surface area contributed by atoms with Crippen LogP contribution < -0.4 is 10.6 Å². The lowest BCUT2D eigenvalue weighted by molar-refractivity contribution is -0.119. The van der Waals surface area contributed by atoms with Gasteiger partial charge in [-0.1, -0.05) is 36.9 Å². The van der Waals surface area contributed by atoms with Crippen molar-refractivity contribution in [3.05, 3.63) is 0 Å². The highest BCUT2D eigenvalue weighted by atomic mass is 32.2. The van der Waals surface area contributed by atoms with Crippen molar-refractivity contribution < 1.29 is 9.53 Å². The molecule has 1 saturated heterocycles. The molecule has 0 radical (unpaired) electrons. The molecule has 2 heterocycles. The van der Waals surface area contributed by atoms with E-state index in [0.29, 0.717) is 11.7 Å². The third-order valence-electron chi connectivity index (χ3n) is 3.82. The number of carbonyl (C=O) groups is 1. The Balaban J connectivity index is 1.63. The summed E-state index contributed by atoms with van der Waals surface area (Å²) < 4.78 is 6.38. The minimum absolute atomic E-state index is 0.0559. The summed E-state index contributed by atoms with van der Waals surface area (Å²) in [5.74, 6) is 1.10. The Kier molecular flexibility index (Phi) is 8.28. The summed E-state index contributed by atoms with van der Waals surface area (Å²) >= 11 is 2.92. The number of rotatable bonds is 10. The number of aromatic nitrogens is 2. The van der Waals surface area contributed by atoms with Gasteiger partial charge >= 0.3 is 0 Å². The van der Waals surface area contributed by atoms with Gasteiger partial charge in [0.25, 0.3) is 0 Å². The second-order valence-corrected chi connectivity index (χ2v) is 8.82. The van der Waals surface area contributed by atoms with Gasteiger partial charge in [-0.2, -0.15) is 0 Å². The van der Waals surface area contributed by atoms with Gasteiger partial charge in [0.2, 0.25) is 11.0 Å². The SMILES string of the molecule is CC(C)CC[C@H](C)NC(=O)CSc1nnc(NC[C@H]2CCCO2)s1. The Bertz CT molecular complexity index is 504. The third kappa shape index (κ3) is 7.36. The summed E-state index contributed by atoms with van der Waals surface area (Å²) in [6.45, 7) is 8.08. The van der Waals surface area contributed by atoms with E-state index < -0.39 is 0 Å². The van der Waals surface area contributed by atoms with Crippen molar-refractivity contribution in [2.24, 2.45) is 5.92 Å². The third-order valence-corrected chi connectivity index (χ3v) is 5.84. The van der Waals surface area contributed by atoms with Gasteiger partial charge in [0.05, 0.1) is 11.9 Å². The number of carbonyl (C=O) groups excluding carboxylic acids is 1. The number of nitrogens with zero attached hydrogens (tertiary/aromatic N) is 2. The Morgan fingerprint density at radius 3 is 2.92 bits per heavy atom. The van der Waals surface area contributed by atoms with E-state index in [1.54, 1.807) is 0 Å². The van der Waals surface area contributed by atoms with Crippen molar-refractivity contribution in [1.29, 1.82) is 0 Å². The maximum absolute atomic E-state index is 12.0. The monoisotopic (exact) mass is 372 g/mol. The second kappa shape index (κ2) is 10.2. The summed E-state index contributed by atoms with van der Waals surface area (Å²) in [5.41, 5.74) is 0. The molecule has 6 nitrogen and oxygen atoms in total. The zero-order chi connectivity index (χ0) is 17.4. The number of anilines is 1. The fraction of sp³-hybridized carbons (Fsp3) is 0.812. The Hall–Kier alpha value is -0.860. The number of hydrogen-bond donors (Lipinski definition) is 2. The van der Waals surface area contributed by atoms with E-state index in [1.165, 1.54) is 23.1 Å². The van der Waals surface area contributed by atoms with Gasteiger partial charge in [0.15, 0.2) is 4.34 Å². The standard InChI is InChI=1S/C16H28N4O2S2/c1-11(2)6-7-12(3)18-14(21)10-23-16-20-19-15(24-16)17-9-13-5-4-8-22-13/h11-13H,4-10H2,1-3H3,(H,17,19)(H,18,21)/t12-,13+/m0/s1. The first kappa shape index (κ1) is 19.5. The van der Waals surface area contributed by atoms with Gasteiger partial charge < -0.3 is 15.4 Å². The van der Waals surface area contributed by atoms with Crippen molar-refractivity contribution in [3.8, 4) is 0 Å². The Morgan fingerprint density at radius 1 is 1.38 bits per heavy atom. The molecule has 1 aromatic heterocycles. The summed E-state index contributed by atoms with van der Waals surface area (Å²) in [5, 5.41) is 15.3. The molecule has 1 amide bonds. The van der Waals surface area contributed by atoms with E-state index in [0.717, 1.165) is 48.3 Å². The number of thioether (sulfide) groups is 1. The molecule has 2 atom stereocenters. The van der Waals surface area contributed by atoms with Crippen molar-refractivity contribution in [2.75, 3.05) is 24.2 Å². The Labute approximate surface area is 152 Å². The van der Waals surface area contributed by atoms with Crippen LogP contribution in [-0.4, -0.2) is 47.2 Å². The van der Waals surface area contributed by atoms with Crippen molar-refractivity contribution in [2.45, 2.75) is 62.9 Å². The molecular formula is C16H28N4O2S2. The molecule has 8 heteroatoms. The fourth-order valence-electron chi connectivity index (χ4n) is 2.45. The van der Waals surface area contributed by atoms with Crippen LogP contribution in [0, 0.1) is 5.92 Å². The van der Waals surface area contributed by atoms with Crippen LogP contribution in [0.25, 0.3) is 0 Å². The van der Waals surface area contributed by atoms with E-state index in [9.17, 15) is 4.79 Å². The van der Waals surface area contributed by atoms with Gasteiger partial charge in [0.1, 0.15) is 0 Å². The first-order chi connectivity index (χ1) is 11.5. The zero-order valence-corrected chi connectivity index (χ0v) is 16.3. The largest absolute Gasteiger partial charge is 0.376 e. The molecule has 0 unspecified atom stereocenters. The van der Waals surface area contributed by atoms with Crippen LogP contribution in [0.15, 0.2) is 4.34 Å². The molecule has 1 aliphatic heterocycles. The van der Waals surface area contributed by atoms with Crippen LogP contribution in [0.2, 0.25) is 0 Å². The number of nitrogens with one attached hydrogen (secondary N) is 2. The summed E-state index contributed by atoms with van der Waals surface area (Å²) in [6.07, 6.45) is 4.66. The lowest BCUT2D eigenvalue weighted by Crippen LogP contribution is -2.33. The highest BCUT2D eigenvalue weighted by molar-refractivity contribution is 8.01. The molecule has 2 N–H and O–H groups in total. The lowest BCUT2D eigenvalue weighted by atomic mass is 10.0. The fourth-order valence-corrected chi connectivity index (χ4v) is 4.02. The average molecular weight is 373 g/mol. The second-order valence-electron chi connectivity index (χ2n) is 6.62. The highest BCUT2D eigenvalue weighted by Gasteiger charge is 2.16. The van der Waals surface area contributed by atoms with Gasteiger partial charge in [0, 0.05) is 19.2 Å². The summed E-state index contributed by atoms with van der Waals surface area (Å²) in [6, 6.07) is 0.221. The first-order valence-electron chi connectivity index (χ1n) is 8.64. The Morgan fingerprint density at radius 2 is 2.21 bits per heavy atom. The minimum atomic E-state index is 0.0559. The minimum Gasteiger partial charge on any atom is -0.376 e. The molecule has 0 bridgehead atoms.